The summed E-state index contributed by atoms with van der Waals surface area (Å²) in [7, 11) is 0. The quantitative estimate of drug-likeness (QED) is 0.0571. The molecule has 0 aromatic heterocycles. The zero-order valence-corrected chi connectivity index (χ0v) is 29.3. The van der Waals surface area contributed by atoms with Crippen LogP contribution < -0.4 is 21.7 Å². The third-order valence-electron chi connectivity index (χ3n) is 8.68. The molecule has 0 aliphatic heterocycles. The average Bonchev–Trinajstić information content (AvgIpc) is 3.08. The van der Waals surface area contributed by atoms with E-state index in [2.05, 4.69) is 35.6 Å². The Morgan fingerprint density at radius 1 is 0.583 bits per heavy atom. The fourth-order valence-electron chi connectivity index (χ4n) is 5.62. The molecule has 48 heavy (non-hydrogen) atoms. The van der Waals surface area contributed by atoms with Crippen LogP contribution in [-0.2, 0) is 22.4 Å². The number of benzene rings is 2. The van der Waals surface area contributed by atoms with Crippen LogP contribution in [0.1, 0.15) is 155 Å². The van der Waals surface area contributed by atoms with Gasteiger partial charge in [0.1, 0.15) is 11.5 Å². The summed E-state index contributed by atoms with van der Waals surface area (Å²) in [5.74, 6) is -2.15. The number of carbonyl (C=O) groups is 4. The summed E-state index contributed by atoms with van der Waals surface area (Å²) in [4.78, 5) is 50.2. The minimum atomic E-state index is -0.550. The lowest BCUT2D eigenvalue weighted by Gasteiger charge is -2.16. The van der Waals surface area contributed by atoms with Crippen molar-refractivity contribution in [2.45, 2.75) is 136 Å². The minimum absolute atomic E-state index is 0.122. The lowest BCUT2D eigenvalue weighted by Crippen LogP contribution is -2.44. The van der Waals surface area contributed by atoms with Gasteiger partial charge in [-0.1, -0.05) is 97.1 Å². The van der Waals surface area contributed by atoms with Crippen LogP contribution in [0.3, 0.4) is 0 Å². The Morgan fingerprint density at radius 2 is 1.06 bits per heavy atom. The Kier molecular flexibility index (Phi) is 19.4. The molecule has 0 saturated carbocycles. The molecule has 266 valence electrons. The van der Waals surface area contributed by atoms with Gasteiger partial charge >= 0.3 is 0 Å². The molecule has 4 amide bonds. The molecule has 0 bridgehead atoms. The lowest BCUT2D eigenvalue weighted by atomic mass is 9.97. The predicted molar refractivity (Wildman–Crippen MR) is 189 cm³/mol. The highest BCUT2D eigenvalue weighted by atomic mass is 16.3. The van der Waals surface area contributed by atoms with Gasteiger partial charge in [0, 0.05) is 12.3 Å². The molecule has 2 aromatic rings. The van der Waals surface area contributed by atoms with E-state index in [0.29, 0.717) is 19.3 Å². The van der Waals surface area contributed by atoms with Crippen molar-refractivity contribution in [3.8, 4) is 11.5 Å². The topological polar surface area (TPSA) is 157 Å². The second-order valence-corrected chi connectivity index (χ2v) is 12.7. The van der Waals surface area contributed by atoms with Crippen molar-refractivity contribution in [2.75, 3.05) is 0 Å². The monoisotopic (exact) mass is 666 g/mol. The molecular formula is C38H58N4O6. The molecule has 0 saturated heterocycles. The van der Waals surface area contributed by atoms with Crippen LogP contribution in [0, 0.1) is 5.92 Å². The number of aryl methyl sites for hydroxylation is 2. The Bertz CT molecular complexity index is 1300. The van der Waals surface area contributed by atoms with Crippen LogP contribution in [-0.4, -0.2) is 33.8 Å². The summed E-state index contributed by atoms with van der Waals surface area (Å²) in [6.07, 6.45) is 16.3. The maximum Gasteiger partial charge on any atom is 0.273 e. The van der Waals surface area contributed by atoms with Gasteiger partial charge in [-0.15, -0.1) is 0 Å². The first-order valence-corrected chi connectivity index (χ1v) is 18.0. The first-order chi connectivity index (χ1) is 23.2. The van der Waals surface area contributed by atoms with E-state index in [4.69, 9.17) is 0 Å². The number of amides is 4. The fourth-order valence-corrected chi connectivity index (χ4v) is 5.62. The second-order valence-electron chi connectivity index (χ2n) is 12.7. The third kappa shape index (κ3) is 15.2. The number of hydrogen-bond donors (Lipinski definition) is 6. The van der Waals surface area contributed by atoms with Gasteiger partial charge in [-0.2, -0.15) is 0 Å². The van der Waals surface area contributed by atoms with Gasteiger partial charge in [-0.25, -0.2) is 0 Å². The highest BCUT2D eigenvalue weighted by Gasteiger charge is 2.19. The van der Waals surface area contributed by atoms with Crippen LogP contribution in [0.2, 0.25) is 0 Å². The van der Waals surface area contributed by atoms with E-state index >= 15 is 0 Å². The van der Waals surface area contributed by atoms with Crippen LogP contribution in [0.5, 0.6) is 11.5 Å². The van der Waals surface area contributed by atoms with Crippen LogP contribution >= 0.6 is 0 Å². The average molecular weight is 667 g/mol. The van der Waals surface area contributed by atoms with Gasteiger partial charge in [-0.05, 0) is 80.3 Å². The van der Waals surface area contributed by atoms with Gasteiger partial charge in [0.15, 0.2) is 0 Å². The molecule has 0 aliphatic carbocycles. The van der Waals surface area contributed by atoms with Crippen molar-refractivity contribution in [3.63, 3.8) is 0 Å². The van der Waals surface area contributed by atoms with Crippen molar-refractivity contribution >= 4 is 23.6 Å². The third-order valence-corrected chi connectivity index (χ3v) is 8.68. The normalized spacial score (nSPS) is 11.5. The van der Waals surface area contributed by atoms with Crippen molar-refractivity contribution in [3.05, 3.63) is 58.7 Å². The van der Waals surface area contributed by atoms with Crippen molar-refractivity contribution in [1.29, 1.82) is 0 Å². The molecule has 2 aromatic carbocycles. The van der Waals surface area contributed by atoms with Crippen LogP contribution in [0.25, 0.3) is 0 Å². The van der Waals surface area contributed by atoms with Crippen LogP contribution in [0.15, 0.2) is 36.4 Å². The summed E-state index contributed by atoms with van der Waals surface area (Å²) in [5.41, 5.74) is 12.1. The van der Waals surface area contributed by atoms with E-state index in [1.165, 1.54) is 25.0 Å². The predicted octanol–water partition coefficient (Wildman–Crippen LogP) is 7.32. The number of unbranched alkanes of at least 4 members (excludes halogenated alkanes) is 10. The second kappa shape index (κ2) is 23.3. The fraction of sp³-hybridized carbons (Fsp3) is 0.579. The Balaban J connectivity index is 1.62. The molecule has 0 aliphatic rings. The summed E-state index contributed by atoms with van der Waals surface area (Å²) >= 11 is 0. The molecular weight excluding hydrogens is 608 g/mol. The SMILES string of the molecule is CCCCCCc1ccc(O)c(C(=O)NNC(=O)CCCCCCCC(CC)C(=O)NNC(=O)c2cc(CCCCCC)ccc2O)c1. The van der Waals surface area contributed by atoms with E-state index in [1.54, 1.807) is 12.1 Å². The number of hydrogen-bond acceptors (Lipinski definition) is 6. The molecule has 2 rings (SSSR count). The summed E-state index contributed by atoms with van der Waals surface area (Å²) < 4.78 is 0. The smallest absolute Gasteiger partial charge is 0.273 e. The zero-order valence-electron chi connectivity index (χ0n) is 29.3. The highest BCUT2D eigenvalue weighted by molar-refractivity contribution is 5.98. The van der Waals surface area contributed by atoms with E-state index in [-0.39, 0.29) is 46.8 Å². The van der Waals surface area contributed by atoms with Crippen LogP contribution in [0.4, 0.5) is 0 Å². The number of phenols is 2. The molecule has 0 heterocycles. The Hall–Kier alpha value is -4.08. The molecule has 0 radical (unpaired) electrons. The van der Waals surface area contributed by atoms with E-state index in [1.807, 2.05) is 19.1 Å². The van der Waals surface area contributed by atoms with Gasteiger partial charge in [0.05, 0.1) is 11.1 Å². The van der Waals surface area contributed by atoms with Gasteiger partial charge < -0.3 is 10.2 Å². The number of nitrogens with one attached hydrogen (secondary N) is 4. The van der Waals surface area contributed by atoms with Crippen molar-refractivity contribution in [2.24, 2.45) is 5.92 Å². The molecule has 0 fully saturated rings. The van der Waals surface area contributed by atoms with E-state index < -0.39 is 11.8 Å². The molecule has 10 nitrogen and oxygen atoms in total. The Morgan fingerprint density at radius 3 is 1.58 bits per heavy atom. The summed E-state index contributed by atoms with van der Waals surface area (Å²) in [5, 5.41) is 20.3. The summed E-state index contributed by atoms with van der Waals surface area (Å²) in [6.45, 7) is 6.24. The van der Waals surface area contributed by atoms with E-state index in [9.17, 15) is 29.4 Å². The molecule has 6 N–H and O–H groups in total. The highest BCUT2D eigenvalue weighted by Crippen LogP contribution is 2.22. The summed E-state index contributed by atoms with van der Waals surface area (Å²) in [6, 6.07) is 10.0. The number of rotatable bonds is 22. The van der Waals surface area contributed by atoms with Gasteiger partial charge in [-0.3, -0.25) is 40.9 Å². The first kappa shape index (κ1) is 40.1. The van der Waals surface area contributed by atoms with Crippen molar-refractivity contribution in [1.82, 2.24) is 21.7 Å². The lowest BCUT2D eigenvalue weighted by molar-refractivity contribution is -0.126. The number of hydrazine groups is 2. The maximum absolute atomic E-state index is 12.7. The minimum Gasteiger partial charge on any atom is -0.507 e. The molecule has 1 atom stereocenters. The number of phenolic OH excluding ortho intramolecular Hbond substituents is 2. The van der Waals surface area contributed by atoms with Gasteiger partial charge in [0.2, 0.25) is 11.8 Å². The first-order valence-electron chi connectivity index (χ1n) is 18.0. The molecule has 0 spiro atoms. The number of carbonyl (C=O) groups excluding carboxylic acids is 4. The number of aromatic hydroxyl groups is 2. The molecule has 1 unspecified atom stereocenters. The maximum atomic E-state index is 12.7. The standard InChI is InChI=1S/C38H58N4O6/c1-4-7-9-14-18-28-22-24-33(43)31(26-28)37(47)41-39-35(45)21-17-13-11-12-16-20-30(6-3)36(46)40-42-38(48)32-27-29(23-25-34(32)44)19-15-10-8-5-2/h22-27,30,43-44H,4-21H2,1-3H3,(H,39,45)(H,40,46)(H,41,47)(H,42,48). The largest absolute Gasteiger partial charge is 0.507 e. The molecule has 10 heteroatoms. The Labute approximate surface area is 286 Å². The van der Waals surface area contributed by atoms with Crippen molar-refractivity contribution < 1.29 is 29.4 Å². The zero-order chi connectivity index (χ0) is 35.1. The van der Waals surface area contributed by atoms with Gasteiger partial charge in [0.25, 0.3) is 11.8 Å². The van der Waals surface area contributed by atoms with E-state index in [0.717, 1.165) is 88.2 Å².